The summed E-state index contributed by atoms with van der Waals surface area (Å²) in [7, 11) is -4.66. The minimum atomic E-state index is -4.66. The number of amides is 1. The second kappa shape index (κ2) is 16.9. The predicted molar refractivity (Wildman–Crippen MR) is 243 cm³/mol. The molecule has 1 amide bonds. The van der Waals surface area contributed by atoms with Gasteiger partial charge in [0, 0.05) is 69.0 Å². The third kappa shape index (κ3) is 8.23. The maximum Gasteiger partial charge on any atom is 0.293 e. The quantitative estimate of drug-likeness (QED) is 0.0790. The number of rotatable bonds is 12. The number of H-pyrrole nitrogens is 1. The van der Waals surface area contributed by atoms with Crippen LogP contribution in [0.5, 0.6) is 5.88 Å². The number of carbonyl (C=O) groups excluding carboxylic acids is 1. The van der Waals surface area contributed by atoms with Crippen LogP contribution < -0.4 is 24.6 Å². The molecular formula is C48H48FN7O7S. The summed E-state index contributed by atoms with van der Waals surface area (Å²) < 4.78 is 56.7. The van der Waals surface area contributed by atoms with Crippen LogP contribution in [0.1, 0.15) is 78.4 Å². The van der Waals surface area contributed by atoms with Gasteiger partial charge in [-0.05, 0) is 109 Å². The van der Waals surface area contributed by atoms with Crippen molar-refractivity contribution in [3.05, 3.63) is 130 Å². The number of aromatic nitrogens is 2. The smallest absolute Gasteiger partial charge is 0.293 e. The highest BCUT2D eigenvalue weighted by molar-refractivity contribution is 7.90. The van der Waals surface area contributed by atoms with E-state index in [1.807, 2.05) is 23.1 Å². The number of hydrogen-bond donors (Lipinski definition) is 3. The van der Waals surface area contributed by atoms with Crippen molar-refractivity contribution in [1.29, 1.82) is 0 Å². The molecule has 0 bridgehead atoms. The third-order valence-electron chi connectivity index (χ3n) is 12.9. The maximum atomic E-state index is 15.3. The van der Waals surface area contributed by atoms with E-state index in [2.05, 4.69) is 68.5 Å². The zero-order valence-corrected chi connectivity index (χ0v) is 35.9. The average molecular weight is 886 g/mol. The van der Waals surface area contributed by atoms with E-state index in [9.17, 15) is 23.3 Å². The third-order valence-corrected chi connectivity index (χ3v) is 14.2. The summed E-state index contributed by atoms with van der Waals surface area (Å²) in [5.74, 6) is 0.0825. The molecule has 6 aromatic rings. The van der Waals surface area contributed by atoms with Crippen LogP contribution in [0.4, 0.5) is 32.8 Å². The minimum Gasteiger partial charge on any atom is -0.476 e. The van der Waals surface area contributed by atoms with Crippen molar-refractivity contribution in [3.63, 3.8) is 0 Å². The van der Waals surface area contributed by atoms with E-state index < -0.39 is 37.1 Å². The molecular weight excluding hydrogens is 838 g/mol. The SMILES string of the molecule is O=C(NS(=O)(=O)c1ccc(NCC2(F)CCOCC2)c([N+](=O)[O-])c1)c1ccc(-c2ccc(N3CCCC3c3ccccc3C3CC3)cc2)cc1N1CCCOc2nc3[nH]ccc3cc21. The van der Waals surface area contributed by atoms with Gasteiger partial charge in [-0.1, -0.05) is 42.5 Å². The fraction of sp³-hybridized carbons (Fsp3) is 0.333. The molecule has 330 valence electrons. The Bertz CT molecular complexity index is 2860. The van der Waals surface area contributed by atoms with Gasteiger partial charge in [0.2, 0.25) is 5.88 Å². The van der Waals surface area contributed by atoms with Crippen LogP contribution in [0.25, 0.3) is 22.2 Å². The molecule has 3 N–H and O–H groups in total. The number of aromatic amines is 1. The first kappa shape index (κ1) is 41.5. The zero-order valence-electron chi connectivity index (χ0n) is 35.1. The van der Waals surface area contributed by atoms with Crippen LogP contribution >= 0.6 is 0 Å². The van der Waals surface area contributed by atoms with Gasteiger partial charge in [0.05, 0.1) is 33.7 Å². The molecule has 3 fully saturated rings. The molecule has 2 saturated heterocycles. The molecule has 4 aliphatic rings. The molecule has 10 rings (SSSR count). The summed E-state index contributed by atoms with van der Waals surface area (Å²) >= 11 is 0. The molecule has 2 aromatic heterocycles. The number of carbonyl (C=O) groups is 1. The summed E-state index contributed by atoms with van der Waals surface area (Å²) in [4.78, 5) is 37.6. The number of hydrogen-bond acceptors (Lipinski definition) is 11. The number of fused-ring (bicyclic) bond motifs is 2. The Morgan fingerprint density at radius 2 is 1.67 bits per heavy atom. The van der Waals surface area contributed by atoms with Crippen molar-refractivity contribution in [1.82, 2.24) is 14.7 Å². The molecule has 0 spiro atoms. The predicted octanol–water partition coefficient (Wildman–Crippen LogP) is 9.33. The molecule has 14 nitrogen and oxygen atoms in total. The zero-order chi connectivity index (χ0) is 44.0. The average Bonchev–Trinajstić information content (AvgIpc) is 3.92. The number of halogens is 1. The fourth-order valence-corrected chi connectivity index (χ4v) is 10.3. The number of anilines is 4. The second-order valence-electron chi connectivity index (χ2n) is 17.1. The first-order valence-electron chi connectivity index (χ1n) is 21.9. The van der Waals surface area contributed by atoms with Gasteiger partial charge in [-0.15, -0.1) is 0 Å². The molecule has 4 aromatic carbocycles. The van der Waals surface area contributed by atoms with Crippen molar-refractivity contribution < 1.29 is 32.0 Å². The second-order valence-corrected chi connectivity index (χ2v) is 18.8. The molecule has 3 aliphatic heterocycles. The van der Waals surface area contributed by atoms with Gasteiger partial charge in [0.1, 0.15) is 22.7 Å². The molecule has 1 saturated carbocycles. The topological polar surface area (TPSA) is 172 Å². The van der Waals surface area contributed by atoms with Crippen molar-refractivity contribution in [2.45, 2.75) is 67.5 Å². The lowest BCUT2D eigenvalue weighted by molar-refractivity contribution is -0.384. The van der Waals surface area contributed by atoms with Crippen LogP contribution in [0.2, 0.25) is 0 Å². The fourth-order valence-electron chi connectivity index (χ4n) is 9.35. The van der Waals surface area contributed by atoms with Crippen LogP contribution in [-0.2, 0) is 14.8 Å². The Morgan fingerprint density at radius 3 is 2.45 bits per heavy atom. The standard InChI is InChI=1S/C48H48FN7O7S/c49-48(19-25-62-26-20-48)30-51-40-17-15-36(29-43(40)56(58)59)64(60,61)53-46(57)39-16-12-33(27-42(39)55-23-4-24-63-47-44(55)28-34-18-21-50-45(34)52-47)31-10-13-35(14-11-31)54-22-3-7-41(54)38-6-2-1-5-37(38)32-8-9-32/h1-2,5-6,10-18,21,27-29,32,41,51H,3-4,7-9,19-20,22-26,30H2,(H,50,52)(H,53,57). The summed E-state index contributed by atoms with van der Waals surface area (Å²) in [5, 5.41) is 15.8. The van der Waals surface area contributed by atoms with Gasteiger partial charge < -0.3 is 29.6 Å². The van der Waals surface area contributed by atoms with Gasteiger partial charge in [-0.25, -0.2) is 17.5 Å². The lowest BCUT2D eigenvalue weighted by Crippen LogP contribution is -2.38. The number of nitrogens with one attached hydrogen (secondary N) is 3. The van der Waals surface area contributed by atoms with Crippen LogP contribution in [-0.4, -0.2) is 74.3 Å². The molecule has 1 unspecified atom stereocenters. The van der Waals surface area contributed by atoms with Crippen molar-refractivity contribution in [3.8, 4) is 17.0 Å². The lowest BCUT2D eigenvalue weighted by atomic mass is 9.95. The molecule has 1 aliphatic carbocycles. The molecule has 5 heterocycles. The summed E-state index contributed by atoms with van der Waals surface area (Å²) in [6.07, 6.45) is 7.30. The Labute approximate surface area is 370 Å². The molecule has 16 heteroatoms. The number of benzene rings is 4. The van der Waals surface area contributed by atoms with Gasteiger partial charge in [0.25, 0.3) is 21.6 Å². The summed E-state index contributed by atoms with van der Waals surface area (Å²) in [6, 6.07) is 29.9. The lowest BCUT2D eigenvalue weighted by Gasteiger charge is -2.29. The number of pyridine rings is 1. The molecule has 64 heavy (non-hydrogen) atoms. The number of alkyl halides is 1. The van der Waals surface area contributed by atoms with E-state index in [0.717, 1.165) is 53.7 Å². The van der Waals surface area contributed by atoms with E-state index >= 15 is 4.39 Å². The number of sulfonamides is 1. The van der Waals surface area contributed by atoms with E-state index in [0.29, 0.717) is 54.4 Å². The number of nitro groups is 1. The van der Waals surface area contributed by atoms with E-state index in [4.69, 9.17) is 14.5 Å². The van der Waals surface area contributed by atoms with Gasteiger partial charge in [-0.3, -0.25) is 14.9 Å². The van der Waals surface area contributed by atoms with Crippen molar-refractivity contribution >= 4 is 55.4 Å². The first-order valence-corrected chi connectivity index (χ1v) is 23.4. The number of nitrogens with zero attached hydrogens (tertiary/aromatic N) is 4. The van der Waals surface area contributed by atoms with E-state index in [-0.39, 0.29) is 43.9 Å². The molecule has 0 radical (unpaired) electrons. The van der Waals surface area contributed by atoms with Crippen molar-refractivity contribution in [2.75, 3.05) is 54.6 Å². The monoisotopic (exact) mass is 885 g/mol. The van der Waals surface area contributed by atoms with Crippen LogP contribution in [0, 0.1) is 10.1 Å². The van der Waals surface area contributed by atoms with Crippen LogP contribution in [0.3, 0.4) is 0 Å². The van der Waals surface area contributed by atoms with Gasteiger partial charge in [-0.2, -0.15) is 4.98 Å². The molecule has 1 atom stereocenters. The minimum absolute atomic E-state index is 0.0453. The maximum absolute atomic E-state index is 15.3. The number of ether oxygens (including phenoxy) is 2. The van der Waals surface area contributed by atoms with Crippen LogP contribution in [0.15, 0.2) is 108 Å². The first-order chi connectivity index (χ1) is 31.0. The summed E-state index contributed by atoms with van der Waals surface area (Å²) in [6.45, 7) is 2.00. The van der Waals surface area contributed by atoms with E-state index in [1.54, 1.807) is 18.3 Å². The highest BCUT2D eigenvalue weighted by Gasteiger charge is 2.35. The number of nitro benzene ring substituents is 1. The van der Waals surface area contributed by atoms with E-state index in [1.165, 1.54) is 30.0 Å². The Kier molecular flexibility index (Phi) is 10.9. The Morgan fingerprint density at radius 1 is 0.891 bits per heavy atom. The normalized spacial score (nSPS) is 18.5. The largest absolute Gasteiger partial charge is 0.476 e. The summed E-state index contributed by atoms with van der Waals surface area (Å²) in [5.41, 5.74) is 5.20. The highest BCUT2D eigenvalue weighted by Crippen LogP contribution is 2.47. The van der Waals surface area contributed by atoms with Gasteiger partial charge in [0.15, 0.2) is 0 Å². The van der Waals surface area contributed by atoms with Crippen molar-refractivity contribution in [2.24, 2.45) is 0 Å². The van der Waals surface area contributed by atoms with Gasteiger partial charge >= 0.3 is 0 Å². The highest BCUT2D eigenvalue weighted by atomic mass is 32.2. The Hall–Kier alpha value is -6.52. The Balaban J connectivity index is 0.970.